The maximum absolute atomic E-state index is 4.14. The second kappa shape index (κ2) is 6.55. The first-order valence-electron chi connectivity index (χ1n) is 7.47. The van der Waals surface area contributed by atoms with E-state index in [1.165, 1.54) is 35.9 Å². The van der Waals surface area contributed by atoms with Gasteiger partial charge in [-0.15, -0.1) is 0 Å². The van der Waals surface area contributed by atoms with Crippen LogP contribution in [0.5, 0.6) is 0 Å². The minimum absolute atomic E-state index is 0.610. The van der Waals surface area contributed by atoms with Crippen LogP contribution in [-0.2, 0) is 0 Å². The molecule has 1 aromatic carbocycles. The number of aromatic amines is 1. The number of pyridine rings is 1. The van der Waals surface area contributed by atoms with Gasteiger partial charge in [-0.3, -0.25) is 9.88 Å². The Morgan fingerprint density at radius 1 is 1.14 bits per heavy atom. The predicted octanol–water partition coefficient (Wildman–Crippen LogP) is 4.02. The highest BCUT2D eigenvalue weighted by molar-refractivity contribution is 5.78. The van der Waals surface area contributed by atoms with E-state index in [1.807, 2.05) is 36.8 Å². The zero-order valence-corrected chi connectivity index (χ0v) is 12.4. The minimum Gasteiger partial charge on any atom is -0.361 e. The summed E-state index contributed by atoms with van der Waals surface area (Å²) in [6.45, 7) is 1.22. The molecule has 21 heavy (non-hydrogen) atoms. The third-order valence-electron chi connectivity index (χ3n) is 4.05. The van der Waals surface area contributed by atoms with Gasteiger partial charge >= 0.3 is 0 Å². The normalized spacial score (nSPS) is 18.4. The molecular formula is C18H21N3. The van der Waals surface area contributed by atoms with Crippen molar-refractivity contribution >= 4 is 10.9 Å². The number of likely N-dealkylation sites (tertiary alicyclic amines) is 1. The lowest BCUT2D eigenvalue weighted by atomic mass is 10.1. The van der Waals surface area contributed by atoms with E-state index in [1.54, 1.807) is 0 Å². The zero-order valence-electron chi connectivity index (χ0n) is 12.4. The number of benzene rings is 1. The van der Waals surface area contributed by atoms with Crippen molar-refractivity contribution in [2.75, 3.05) is 13.6 Å². The highest BCUT2D eigenvalue weighted by atomic mass is 15.1. The summed E-state index contributed by atoms with van der Waals surface area (Å²) in [6.07, 6.45) is 8.36. The first kappa shape index (κ1) is 13.8. The topological polar surface area (TPSA) is 31.9 Å². The molecule has 0 saturated carbocycles. The maximum atomic E-state index is 4.14. The van der Waals surface area contributed by atoms with Crippen molar-refractivity contribution in [1.82, 2.24) is 14.9 Å². The molecular weight excluding hydrogens is 258 g/mol. The quantitative estimate of drug-likeness (QED) is 0.729. The first-order valence-corrected chi connectivity index (χ1v) is 7.47. The number of nitrogens with zero attached hydrogens (tertiary/aromatic N) is 2. The molecule has 3 heteroatoms. The molecule has 3 aromatic rings. The predicted molar refractivity (Wildman–Crippen MR) is 87.1 cm³/mol. The van der Waals surface area contributed by atoms with Crippen molar-refractivity contribution in [2.45, 2.75) is 18.9 Å². The molecule has 1 aliphatic heterocycles. The molecule has 0 radical (unpaired) electrons. The fourth-order valence-electron chi connectivity index (χ4n) is 2.90. The largest absolute Gasteiger partial charge is 0.361 e. The molecule has 108 valence electrons. The molecule has 2 aromatic heterocycles. The lowest BCUT2D eigenvalue weighted by Gasteiger charge is -2.18. The van der Waals surface area contributed by atoms with Crippen molar-refractivity contribution in [3.63, 3.8) is 0 Å². The van der Waals surface area contributed by atoms with Gasteiger partial charge in [0, 0.05) is 30.1 Å². The summed E-state index contributed by atoms with van der Waals surface area (Å²) in [6, 6.07) is 15.1. The molecule has 1 N–H and O–H groups in total. The Morgan fingerprint density at radius 2 is 2.05 bits per heavy atom. The molecule has 1 aliphatic rings. The molecule has 0 amide bonds. The number of rotatable bonds is 1. The first-order chi connectivity index (χ1) is 10.3. The second-order valence-electron chi connectivity index (χ2n) is 5.49. The third-order valence-corrected chi connectivity index (χ3v) is 4.05. The fourth-order valence-corrected chi connectivity index (χ4v) is 2.90. The number of H-pyrrole nitrogens is 1. The number of aromatic nitrogens is 2. The summed E-state index contributed by atoms with van der Waals surface area (Å²) in [5, 5.41) is 1.28. The Bertz CT molecular complexity index is 645. The summed E-state index contributed by atoms with van der Waals surface area (Å²) >= 11 is 0. The smallest absolute Gasteiger partial charge is 0.0453 e. The molecule has 0 spiro atoms. The maximum Gasteiger partial charge on any atom is 0.0453 e. The van der Waals surface area contributed by atoms with Gasteiger partial charge in [0.1, 0.15) is 0 Å². The van der Waals surface area contributed by atoms with Crippen LogP contribution in [0.25, 0.3) is 10.9 Å². The van der Waals surface area contributed by atoms with Crippen LogP contribution in [0.4, 0.5) is 0 Å². The van der Waals surface area contributed by atoms with Crippen molar-refractivity contribution in [3.05, 3.63) is 66.6 Å². The van der Waals surface area contributed by atoms with Crippen LogP contribution >= 0.6 is 0 Å². The summed E-state index contributed by atoms with van der Waals surface area (Å²) < 4.78 is 0. The van der Waals surface area contributed by atoms with E-state index in [0.717, 1.165) is 0 Å². The van der Waals surface area contributed by atoms with Gasteiger partial charge in [-0.05, 0) is 55.6 Å². The van der Waals surface area contributed by atoms with Crippen LogP contribution in [0.2, 0.25) is 0 Å². The number of para-hydroxylation sites is 1. The molecule has 1 fully saturated rings. The minimum atomic E-state index is 0.610. The average molecular weight is 279 g/mol. The van der Waals surface area contributed by atoms with E-state index in [9.17, 15) is 0 Å². The van der Waals surface area contributed by atoms with E-state index in [-0.39, 0.29) is 0 Å². The van der Waals surface area contributed by atoms with Crippen LogP contribution < -0.4 is 0 Å². The van der Waals surface area contributed by atoms with E-state index < -0.39 is 0 Å². The summed E-state index contributed by atoms with van der Waals surface area (Å²) in [4.78, 5) is 9.66. The SMILES string of the molecule is CN1CCCC1c1cccnc1.c1ccc2[nH]ccc2c1. The van der Waals surface area contributed by atoms with Gasteiger partial charge in [-0.25, -0.2) is 0 Å². The number of fused-ring (bicyclic) bond motifs is 1. The fraction of sp³-hybridized carbons (Fsp3) is 0.278. The molecule has 0 aliphatic carbocycles. The van der Waals surface area contributed by atoms with Gasteiger partial charge in [0.15, 0.2) is 0 Å². The summed E-state index contributed by atoms with van der Waals surface area (Å²) in [5.74, 6) is 0. The standard InChI is InChI=1S/C10H14N2.C8H7N/c1-12-7-3-5-10(12)9-4-2-6-11-8-9;1-2-4-8-7(3-1)5-6-9-8/h2,4,6,8,10H,3,5,7H2,1H3;1-6,9H. The summed E-state index contributed by atoms with van der Waals surface area (Å²) in [5.41, 5.74) is 2.56. The number of nitrogens with one attached hydrogen (secondary N) is 1. The average Bonchev–Trinajstić information content (AvgIpc) is 3.17. The molecule has 1 atom stereocenters. The van der Waals surface area contributed by atoms with E-state index in [0.29, 0.717) is 6.04 Å². The van der Waals surface area contributed by atoms with Crippen LogP contribution in [0.15, 0.2) is 61.1 Å². The van der Waals surface area contributed by atoms with Crippen molar-refractivity contribution in [3.8, 4) is 0 Å². The van der Waals surface area contributed by atoms with Crippen LogP contribution in [0.1, 0.15) is 24.4 Å². The molecule has 4 rings (SSSR count). The van der Waals surface area contributed by atoms with Gasteiger partial charge in [0.05, 0.1) is 0 Å². The van der Waals surface area contributed by atoms with E-state index in [2.05, 4.69) is 46.2 Å². The highest BCUT2D eigenvalue weighted by Crippen LogP contribution is 2.29. The molecule has 0 bridgehead atoms. The van der Waals surface area contributed by atoms with Gasteiger partial charge in [-0.2, -0.15) is 0 Å². The highest BCUT2D eigenvalue weighted by Gasteiger charge is 2.21. The second-order valence-corrected chi connectivity index (χ2v) is 5.49. The molecule has 1 saturated heterocycles. The Morgan fingerprint density at radius 3 is 2.76 bits per heavy atom. The Balaban J connectivity index is 0.000000131. The Hall–Kier alpha value is -2.13. The van der Waals surface area contributed by atoms with Crippen LogP contribution in [0.3, 0.4) is 0 Å². The van der Waals surface area contributed by atoms with Crippen LogP contribution in [-0.4, -0.2) is 28.5 Å². The molecule has 3 heterocycles. The number of hydrogen-bond donors (Lipinski definition) is 1. The van der Waals surface area contributed by atoms with Crippen molar-refractivity contribution < 1.29 is 0 Å². The van der Waals surface area contributed by atoms with Gasteiger partial charge in [0.2, 0.25) is 0 Å². The summed E-state index contributed by atoms with van der Waals surface area (Å²) in [7, 11) is 2.19. The van der Waals surface area contributed by atoms with Gasteiger partial charge < -0.3 is 4.98 Å². The van der Waals surface area contributed by atoms with E-state index >= 15 is 0 Å². The monoisotopic (exact) mass is 279 g/mol. The number of hydrogen-bond acceptors (Lipinski definition) is 2. The third kappa shape index (κ3) is 3.31. The van der Waals surface area contributed by atoms with Crippen molar-refractivity contribution in [1.29, 1.82) is 0 Å². The zero-order chi connectivity index (χ0) is 14.5. The lowest BCUT2D eigenvalue weighted by Crippen LogP contribution is -2.17. The van der Waals surface area contributed by atoms with Crippen LogP contribution in [0, 0.1) is 0 Å². The Labute approximate surface area is 125 Å². The van der Waals surface area contributed by atoms with Gasteiger partial charge in [0.25, 0.3) is 0 Å². The van der Waals surface area contributed by atoms with Crippen molar-refractivity contribution in [2.24, 2.45) is 0 Å². The van der Waals surface area contributed by atoms with Gasteiger partial charge in [-0.1, -0.05) is 24.3 Å². The Kier molecular flexibility index (Phi) is 4.31. The van der Waals surface area contributed by atoms with E-state index in [4.69, 9.17) is 0 Å². The lowest BCUT2D eigenvalue weighted by molar-refractivity contribution is 0.317. The molecule has 3 nitrogen and oxygen atoms in total. The molecule has 1 unspecified atom stereocenters.